The highest BCUT2D eigenvalue weighted by molar-refractivity contribution is 5.80. The van der Waals surface area contributed by atoms with E-state index in [-0.39, 0.29) is 24.5 Å². The van der Waals surface area contributed by atoms with Crippen molar-refractivity contribution in [3.8, 4) is 0 Å². The van der Waals surface area contributed by atoms with Crippen molar-refractivity contribution >= 4 is 11.9 Å². The highest BCUT2D eigenvalue weighted by Crippen LogP contribution is 1.99. The van der Waals surface area contributed by atoms with Gasteiger partial charge in [0, 0.05) is 6.54 Å². The third kappa shape index (κ3) is 8.06. The third-order valence-electron chi connectivity index (χ3n) is 2.36. The van der Waals surface area contributed by atoms with Gasteiger partial charge in [-0.3, -0.25) is 14.9 Å². The van der Waals surface area contributed by atoms with Crippen molar-refractivity contribution in [2.75, 3.05) is 19.7 Å². The molecule has 5 heteroatoms. The second kappa shape index (κ2) is 9.88. The maximum Gasteiger partial charge on any atom is 0.323 e. The predicted octanol–water partition coefficient (Wildman–Crippen LogP) is 1.08. The molecule has 0 saturated carbocycles. The zero-order valence-electron chi connectivity index (χ0n) is 11.9. The zero-order chi connectivity index (χ0) is 14.0. The molecule has 0 aromatic rings. The van der Waals surface area contributed by atoms with Crippen LogP contribution in [0.3, 0.4) is 0 Å². The van der Waals surface area contributed by atoms with Crippen LogP contribution in [0.1, 0.15) is 40.5 Å². The van der Waals surface area contributed by atoms with E-state index in [1.54, 1.807) is 6.92 Å². The minimum absolute atomic E-state index is 0.0888. The van der Waals surface area contributed by atoms with Gasteiger partial charge in [-0.2, -0.15) is 0 Å². The first-order chi connectivity index (χ1) is 8.51. The normalized spacial score (nSPS) is 12.3. The van der Waals surface area contributed by atoms with Crippen molar-refractivity contribution in [1.82, 2.24) is 10.6 Å². The van der Waals surface area contributed by atoms with Crippen LogP contribution in [-0.4, -0.2) is 37.6 Å². The van der Waals surface area contributed by atoms with Gasteiger partial charge in [0.05, 0.1) is 13.2 Å². The van der Waals surface area contributed by atoms with Gasteiger partial charge in [0.15, 0.2) is 0 Å². The molecule has 0 saturated heterocycles. The van der Waals surface area contributed by atoms with Crippen molar-refractivity contribution in [1.29, 1.82) is 0 Å². The lowest BCUT2D eigenvalue weighted by Gasteiger charge is -2.16. The predicted molar refractivity (Wildman–Crippen MR) is 71.2 cm³/mol. The zero-order valence-corrected chi connectivity index (χ0v) is 11.9. The molecular formula is C13H26N2O3. The van der Waals surface area contributed by atoms with E-state index in [0.717, 1.165) is 6.42 Å². The largest absolute Gasteiger partial charge is 0.465 e. The molecule has 1 unspecified atom stereocenters. The molecule has 0 heterocycles. The maximum atomic E-state index is 11.6. The van der Waals surface area contributed by atoms with Gasteiger partial charge in [-0.15, -0.1) is 0 Å². The molecule has 0 radical (unpaired) electrons. The molecule has 0 aliphatic carbocycles. The average molecular weight is 258 g/mol. The standard InChI is InChI=1S/C13H26N2O3/c1-5-7-11(13(17)18-6-2)14-9-12(16)15-8-10(3)4/h10-11,14H,5-9H2,1-4H3,(H,15,16). The second-order valence-corrected chi connectivity index (χ2v) is 4.67. The van der Waals surface area contributed by atoms with E-state index in [1.165, 1.54) is 0 Å². The molecule has 5 nitrogen and oxygen atoms in total. The van der Waals surface area contributed by atoms with Crippen LogP contribution in [0.4, 0.5) is 0 Å². The van der Waals surface area contributed by atoms with Crippen molar-refractivity contribution in [2.24, 2.45) is 5.92 Å². The summed E-state index contributed by atoms with van der Waals surface area (Å²) in [5.74, 6) is 0.0514. The number of nitrogens with one attached hydrogen (secondary N) is 2. The van der Waals surface area contributed by atoms with Crippen LogP contribution in [0.5, 0.6) is 0 Å². The molecule has 0 spiro atoms. The van der Waals surface area contributed by atoms with Crippen molar-refractivity contribution in [2.45, 2.75) is 46.6 Å². The Morgan fingerprint density at radius 1 is 1.22 bits per heavy atom. The molecule has 0 fully saturated rings. The number of ether oxygens (including phenoxy) is 1. The van der Waals surface area contributed by atoms with Gasteiger partial charge in [-0.25, -0.2) is 0 Å². The Hall–Kier alpha value is -1.10. The van der Waals surface area contributed by atoms with Crippen LogP contribution in [0, 0.1) is 5.92 Å². The van der Waals surface area contributed by atoms with E-state index in [1.807, 2.05) is 20.8 Å². The summed E-state index contributed by atoms with van der Waals surface area (Å²) in [5, 5.41) is 5.74. The minimum atomic E-state index is -0.389. The Morgan fingerprint density at radius 2 is 1.89 bits per heavy atom. The van der Waals surface area contributed by atoms with Gasteiger partial charge < -0.3 is 10.1 Å². The molecule has 0 rings (SSSR count). The average Bonchev–Trinajstić information content (AvgIpc) is 2.32. The summed E-state index contributed by atoms with van der Waals surface area (Å²) in [6.07, 6.45) is 1.54. The summed E-state index contributed by atoms with van der Waals surface area (Å²) in [4.78, 5) is 23.1. The molecule has 0 aromatic heterocycles. The molecule has 2 N–H and O–H groups in total. The van der Waals surface area contributed by atoms with Crippen LogP contribution in [0.15, 0.2) is 0 Å². The Balaban J connectivity index is 4.02. The summed E-state index contributed by atoms with van der Waals surface area (Å²) < 4.78 is 4.95. The van der Waals surface area contributed by atoms with Crippen LogP contribution in [0.25, 0.3) is 0 Å². The fraction of sp³-hybridized carbons (Fsp3) is 0.846. The van der Waals surface area contributed by atoms with Gasteiger partial charge in [0.25, 0.3) is 0 Å². The van der Waals surface area contributed by atoms with Gasteiger partial charge in [0.2, 0.25) is 5.91 Å². The van der Waals surface area contributed by atoms with Gasteiger partial charge in [-0.1, -0.05) is 27.2 Å². The van der Waals surface area contributed by atoms with E-state index >= 15 is 0 Å². The number of carbonyl (C=O) groups is 2. The number of hydrogen-bond acceptors (Lipinski definition) is 4. The lowest BCUT2D eigenvalue weighted by molar-refractivity contribution is -0.145. The molecule has 0 aliphatic rings. The Kier molecular flexibility index (Phi) is 9.28. The number of esters is 1. The fourth-order valence-corrected chi connectivity index (χ4v) is 1.43. The van der Waals surface area contributed by atoms with Gasteiger partial charge in [0.1, 0.15) is 6.04 Å². The van der Waals surface area contributed by atoms with Gasteiger partial charge in [-0.05, 0) is 19.3 Å². The summed E-state index contributed by atoms with van der Waals surface area (Å²) in [6.45, 7) is 9.00. The first kappa shape index (κ1) is 16.9. The van der Waals surface area contributed by atoms with Crippen molar-refractivity contribution in [3.05, 3.63) is 0 Å². The van der Waals surface area contributed by atoms with E-state index in [4.69, 9.17) is 4.74 Å². The third-order valence-corrected chi connectivity index (χ3v) is 2.36. The number of hydrogen-bond donors (Lipinski definition) is 2. The van der Waals surface area contributed by atoms with Crippen LogP contribution < -0.4 is 10.6 Å². The Bertz CT molecular complexity index is 255. The molecule has 106 valence electrons. The Labute approximate surface area is 110 Å². The Morgan fingerprint density at radius 3 is 2.39 bits per heavy atom. The quantitative estimate of drug-likeness (QED) is 0.607. The van der Waals surface area contributed by atoms with Crippen LogP contribution >= 0.6 is 0 Å². The second-order valence-electron chi connectivity index (χ2n) is 4.67. The first-order valence-electron chi connectivity index (χ1n) is 6.67. The molecule has 1 amide bonds. The summed E-state index contributed by atoms with van der Waals surface area (Å²) in [6, 6.07) is -0.389. The van der Waals surface area contributed by atoms with E-state index in [9.17, 15) is 9.59 Å². The first-order valence-corrected chi connectivity index (χ1v) is 6.67. The smallest absolute Gasteiger partial charge is 0.323 e. The van der Waals surface area contributed by atoms with Crippen LogP contribution in [0.2, 0.25) is 0 Å². The lowest BCUT2D eigenvalue weighted by Crippen LogP contribution is -2.44. The molecule has 0 bridgehead atoms. The molecule has 18 heavy (non-hydrogen) atoms. The molecule has 1 atom stereocenters. The van der Waals surface area contributed by atoms with Crippen molar-refractivity contribution < 1.29 is 14.3 Å². The summed E-state index contributed by atoms with van der Waals surface area (Å²) >= 11 is 0. The van der Waals surface area contributed by atoms with Crippen LogP contribution in [-0.2, 0) is 14.3 Å². The monoisotopic (exact) mass is 258 g/mol. The lowest BCUT2D eigenvalue weighted by atomic mass is 10.1. The number of carbonyl (C=O) groups excluding carboxylic acids is 2. The van der Waals surface area contributed by atoms with E-state index < -0.39 is 0 Å². The fourth-order valence-electron chi connectivity index (χ4n) is 1.43. The molecule has 0 aliphatic heterocycles. The number of rotatable bonds is 9. The van der Waals surface area contributed by atoms with E-state index in [0.29, 0.717) is 25.5 Å². The highest BCUT2D eigenvalue weighted by atomic mass is 16.5. The molecule has 0 aromatic carbocycles. The van der Waals surface area contributed by atoms with Gasteiger partial charge >= 0.3 is 5.97 Å². The molecular weight excluding hydrogens is 232 g/mol. The maximum absolute atomic E-state index is 11.6. The van der Waals surface area contributed by atoms with Crippen molar-refractivity contribution in [3.63, 3.8) is 0 Å². The summed E-state index contributed by atoms with van der Waals surface area (Å²) in [7, 11) is 0. The highest BCUT2D eigenvalue weighted by Gasteiger charge is 2.18. The minimum Gasteiger partial charge on any atom is -0.465 e. The van der Waals surface area contributed by atoms with E-state index in [2.05, 4.69) is 10.6 Å². The topological polar surface area (TPSA) is 67.4 Å². The SMILES string of the molecule is CCCC(NCC(=O)NCC(C)C)C(=O)OCC. The number of amides is 1. The summed E-state index contributed by atoms with van der Waals surface area (Å²) in [5.41, 5.74) is 0.